The third-order valence-corrected chi connectivity index (χ3v) is 7.85. The second-order valence-corrected chi connectivity index (χ2v) is 10.3. The van der Waals surface area contributed by atoms with Crippen LogP contribution in [0, 0.1) is 13.8 Å². The molecule has 0 fully saturated rings. The Morgan fingerprint density at radius 2 is 1.79 bits per heavy atom. The van der Waals surface area contributed by atoms with E-state index < -0.39 is 15.9 Å². The van der Waals surface area contributed by atoms with Gasteiger partial charge in [0.25, 0.3) is 15.9 Å². The summed E-state index contributed by atoms with van der Waals surface area (Å²) in [6.45, 7) is 4.07. The summed E-state index contributed by atoms with van der Waals surface area (Å²) in [4.78, 5) is 17.9. The Hall–Kier alpha value is -3.43. The van der Waals surface area contributed by atoms with Crippen LogP contribution in [0.1, 0.15) is 21.5 Å². The zero-order valence-corrected chi connectivity index (χ0v) is 20.3. The van der Waals surface area contributed by atoms with Crippen LogP contribution in [0.2, 0.25) is 0 Å². The van der Waals surface area contributed by atoms with Crippen molar-refractivity contribution in [2.75, 3.05) is 11.8 Å². The lowest BCUT2D eigenvalue weighted by Crippen LogP contribution is -2.14. The minimum Gasteiger partial charge on any atom is -0.497 e. The molecule has 0 aliphatic rings. The number of thiazole rings is 1. The predicted octanol–water partition coefficient (Wildman–Crippen LogP) is 4.41. The van der Waals surface area contributed by atoms with Gasteiger partial charge in [0.1, 0.15) is 5.75 Å². The molecule has 0 aliphatic carbocycles. The van der Waals surface area contributed by atoms with E-state index >= 15 is 0 Å². The number of fused-ring (bicyclic) bond motifs is 1. The number of ether oxygens (including phenoxy) is 1. The SMILES string of the molecule is COc1ccc(S(=O)(=O)Nc2cccc(C(=O)N=c3sc4c(C)cc(C)cc4n3C)c2)cc1. The van der Waals surface area contributed by atoms with Gasteiger partial charge in [0, 0.05) is 18.3 Å². The van der Waals surface area contributed by atoms with Crippen molar-refractivity contribution < 1.29 is 17.9 Å². The van der Waals surface area contributed by atoms with Crippen molar-refractivity contribution >= 4 is 43.2 Å². The quantitative estimate of drug-likeness (QED) is 0.457. The van der Waals surface area contributed by atoms with Crippen LogP contribution in [-0.4, -0.2) is 26.0 Å². The van der Waals surface area contributed by atoms with E-state index in [2.05, 4.69) is 21.8 Å². The maximum atomic E-state index is 12.9. The van der Waals surface area contributed by atoms with Crippen molar-refractivity contribution in [2.24, 2.45) is 12.0 Å². The van der Waals surface area contributed by atoms with Crippen LogP contribution in [0.3, 0.4) is 0 Å². The van der Waals surface area contributed by atoms with E-state index in [1.165, 1.54) is 36.6 Å². The van der Waals surface area contributed by atoms with E-state index in [0.29, 0.717) is 10.6 Å². The summed E-state index contributed by atoms with van der Waals surface area (Å²) in [5.74, 6) is 0.111. The first-order chi connectivity index (χ1) is 15.7. The number of carbonyl (C=O) groups excluding carboxylic acids is 1. The molecule has 0 saturated carbocycles. The number of nitrogens with zero attached hydrogens (tertiary/aromatic N) is 2. The van der Waals surface area contributed by atoms with E-state index in [0.717, 1.165) is 21.3 Å². The van der Waals surface area contributed by atoms with Gasteiger partial charge in [0.2, 0.25) is 0 Å². The van der Waals surface area contributed by atoms with Crippen LogP contribution >= 0.6 is 11.3 Å². The van der Waals surface area contributed by atoms with Gasteiger partial charge in [-0.15, -0.1) is 0 Å². The van der Waals surface area contributed by atoms with E-state index in [-0.39, 0.29) is 16.1 Å². The minimum absolute atomic E-state index is 0.0904. The lowest BCUT2D eigenvalue weighted by Gasteiger charge is -2.09. The molecule has 4 rings (SSSR count). The summed E-state index contributed by atoms with van der Waals surface area (Å²) in [6, 6.07) is 16.5. The van der Waals surface area contributed by atoms with Gasteiger partial charge in [-0.05, 0) is 73.5 Å². The maximum Gasteiger partial charge on any atom is 0.279 e. The first kappa shape index (κ1) is 22.8. The van der Waals surface area contributed by atoms with Gasteiger partial charge in [-0.25, -0.2) is 8.42 Å². The summed E-state index contributed by atoms with van der Waals surface area (Å²) >= 11 is 1.45. The molecular formula is C24H23N3O4S2. The van der Waals surface area contributed by atoms with Gasteiger partial charge >= 0.3 is 0 Å². The summed E-state index contributed by atoms with van der Waals surface area (Å²) in [7, 11) is -0.434. The van der Waals surface area contributed by atoms with Crippen LogP contribution in [0.4, 0.5) is 5.69 Å². The van der Waals surface area contributed by atoms with Crippen molar-refractivity contribution in [3.05, 3.63) is 82.2 Å². The standard InChI is InChI=1S/C24H23N3O4S2/c1-15-12-16(2)22-21(13-15)27(3)24(32-22)25-23(28)17-6-5-7-18(14-17)26-33(29,30)20-10-8-19(31-4)9-11-20/h5-14,26H,1-4H3. The largest absolute Gasteiger partial charge is 0.497 e. The first-order valence-corrected chi connectivity index (χ1v) is 12.4. The van der Waals surface area contributed by atoms with Gasteiger partial charge in [-0.2, -0.15) is 4.99 Å². The maximum absolute atomic E-state index is 12.9. The number of carbonyl (C=O) groups is 1. The Labute approximate surface area is 196 Å². The fourth-order valence-electron chi connectivity index (χ4n) is 3.51. The number of methoxy groups -OCH3 is 1. The normalized spacial score (nSPS) is 12.2. The fourth-order valence-corrected chi connectivity index (χ4v) is 5.63. The second kappa shape index (κ2) is 8.84. The van der Waals surface area contributed by atoms with Crippen LogP contribution in [0.15, 0.2) is 70.6 Å². The number of rotatable bonds is 5. The van der Waals surface area contributed by atoms with E-state index in [1.54, 1.807) is 30.3 Å². The Kier molecular flexibility index (Phi) is 6.09. The van der Waals surface area contributed by atoms with Crippen LogP contribution in [0.25, 0.3) is 10.2 Å². The molecule has 3 aromatic carbocycles. The monoisotopic (exact) mass is 481 g/mol. The number of anilines is 1. The zero-order valence-electron chi connectivity index (χ0n) is 18.6. The third kappa shape index (κ3) is 4.69. The number of benzene rings is 3. The van der Waals surface area contributed by atoms with E-state index in [4.69, 9.17) is 4.74 Å². The molecule has 0 saturated heterocycles. The van der Waals surface area contributed by atoms with Crippen molar-refractivity contribution in [3.63, 3.8) is 0 Å². The fraction of sp³-hybridized carbons (Fsp3) is 0.167. The molecule has 0 bridgehead atoms. The highest BCUT2D eigenvalue weighted by Crippen LogP contribution is 2.23. The number of nitrogens with one attached hydrogen (secondary N) is 1. The van der Waals surface area contributed by atoms with E-state index in [9.17, 15) is 13.2 Å². The van der Waals surface area contributed by atoms with Gasteiger partial charge in [0.05, 0.1) is 22.2 Å². The van der Waals surface area contributed by atoms with Gasteiger partial charge in [0.15, 0.2) is 4.80 Å². The molecular weight excluding hydrogens is 458 g/mol. The van der Waals surface area contributed by atoms with Crippen LogP contribution in [-0.2, 0) is 17.1 Å². The number of hydrogen-bond donors (Lipinski definition) is 1. The van der Waals surface area contributed by atoms with Crippen molar-refractivity contribution in [1.29, 1.82) is 0 Å². The molecule has 0 unspecified atom stereocenters. The molecule has 9 heteroatoms. The molecule has 7 nitrogen and oxygen atoms in total. The number of sulfonamides is 1. The Morgan fingerprint density at radius 1 is 1.06 bits per heavy atom. The summed E-state index contributed by atoms with van der Waals surface area (Å²) in [5.41, 5.74) is 3.86. The molecule has 1 heterocycles. The highest BCUT2D eigenvalue weighted by atomic mass is 32.2. The van der Waals surface area contributed by atoms with Gasteiger partial charge < -0.3 is 9.30 Å². The topological polar surface area (TPSA) is 89.8 Å². The molecule has 1 N–H and O–H groups in total. The van der Waals surface area contributed by atoms with Crippen LogP contribution < -0.4 is 14.3 Å². The van der Waals surface area contributed by atoms with Crippen molar-refractivity contribution in [1.82, 2.24) is 4.57 Å². The number of aromatic nitrogens is 1. The Morgan fingerprint density at radius 3 is 2.48 bits per heavy atom. The molecule has 33 heavy (non-hydrogen) atoms. The molecule has 0 spiro atoms. The smallest absolute Gasteiger partial charge is 0.279 e. The average Bonchev–Trinajstić information content (AvgIpc) is 3.09. The number of amides is 1. The molecule has 0 aliphatic heterocycles. The van der Waals surface area contributed by atoms with Gasteiger partial charge in [-0.3, -0.25) is 9.52 Å². The second-order valence-electron chi connectivity index (χ2n) is 7.65. The number of aryl methyl sites for hydroxylation is 3. The van der Waals surface area contributed by atoms with Crippen LogP contribution in [0.5, 0.6) is 5.75 Å². The highest BCUT2D eigenvalue weighted by molar-refractivity contribution is 7.92. The average molecular weight is 482 g/mol. The zero-order chi connectivity index (χ0) is 23.8. The van der Waals surface area contributed by atoms with Crippen molar-refractivity contribution in [3.8, 4) is 5.75 Å². The molecule has 170 valence electrons. The third-order valence-electron chi connectivity index (χ3n) is 5.17. The minimum atomic E-state index is -3.82. The molecule has 4 aromatic rings. The summed E-state index contributed by atoms with van der Waals surface area (Å²) in [6.07, 6.45) is 0. The molecule has 0 atom stereocenters. The van der Waals surface area contributed by atoms with Gasteiger partial charge in [-0.1, -0.05) is 23.5 Å². The summed E-state index contributed by atoms with van der Waals surface area (Å²) in [5, 5.41) is 0. The lowest BCUT2D eigenvalue weighted by atomic mass is 10.1. The molecule has 1 amide bonds. The lowest BCUT2D eigenvalue weighted by molar-refractivity contribution is 0.0998. The predicted molar refractivity (Wildman–Crippen MR) is 130 cm³/mol. The Bertz CT molecular complexity index is 1530. The van der Waals surface area contributed by atoms with E-state index in [1.807, 2.05) is 25.5 Å². The Balaban J connectivity index is 1.64. The first-order valence-electron chi connectivity index (χ1n) is 10.1. The highest BCUT2D eigenvalue weighted by Gasteiger charge is 2.16. The summed E-state index contributed by atoms with van der Waals surface area (Å²) < 4.78 is 36.0. The molecule has 0 radical (unpaired) electrons. The van der Waals surface area contributed by atoms with Crippen molar-refractivity contribution in [2.45, 2.75) is 18.7 Å². The molecule has 1 aromatic heterocycles. The number of hydrogen-bond acceptors (Lipinski definition) is 5.